The normalized spacial score (nSPS) is 18.3. The van der Waals surface area contributed by atoms with Gasteiger partial charge in [0.1, 0.15) is 12.4 Å². The summed E-state index contributed by atoms with van der Waals surface area (Å²) in [4.78, 5) is 19.4. The van der Waals surface area contributed by atoms with E-state index in [1.54, 1.807) is 0 Å². The first-order chi connectivity index (χ1) is 11.5. The van der Waals surface area contributed by atoms with Gasteiger partial charge in [0.15, 0.2) is 0 Å². The van der Waals surface area contributed by atoms with E-state index in [9.17, 15) is 4.79 Å². The number of piperazine rings is 1. The number of anilines is 1. The lowest BCUT2D eigenvalue weighted by molar-refractivity contribution is -0.117. The van der Waals surface area contributed by atoms with Crippen molar-refractivity contribution in [2.75, 3.05) is 44.2 Å². The number of nitrogens with zero attached hydrogens (tertiary/aromatic N) is 3. The second-order valence-corrected chi connectivity index (χ2v) is 6.84. The Morgan fingerprint density at radius 3 is 2.54 bits per heavy atom. The topological polar surface area (TPSA) is 36.0 Å². The van der Waals surface area contributed by atoms with Crippen LogP contribution in [0, 0.1) is 6.92 Å². The fraction of sp³-hybridized carbons (Fsp3) is 0.526. The predicted molar refractivity (Wildman–Crippen MR) is 96.4 cm³/mol. The smallest absolute Gasteiger partial charge is 0.274 e. The molecule has 1 saturated heterocycles. The van der Waals surface area contributed by atoms with Crippen LogP contribution < -0.4 is 9.64 Å². The number of ether oxygens (including phenoxy) is 1. The predicted octanol–water partition coefficient (Wildman–Crippen LogP) is 2.26. The Morgan fingerprint density at radius 2 is 1.88 bits per heavy atom. The molecule has 1 aromatic rings. The van der Waals surface area contributed by atoms with E-state index in [-0.39, 0.29) is 5.91 Å². The van der Waals surface area contributed by atoms with E-state index in [0.717, 1.165) is 43.2 Å². The highest BCUT2D eigenvalue weighted by Crippen LogP contribution is 2.33. The van der Waals surface area contributed by atoms with Gasteiger partial charge in [0, 0.05) is 32.2 Å². The van der Waals surface area contributed by atoms with Crippen LogP contribution in [0.5, 0.6) is 5.75 Å². The van der Waals surface area contributed by atoms with Crippen molar-refractivity contribution in [3.8, 4) is 5.75 Å². The largest absolute Gasteiger partial charge is 0.490 e. The fourth-order valence-corrected chi connectivity index (χ4v) is 3.34. The number of benzene rings is 1. The summed E-state index contributed by atoms with van der Waals surface area (Å²) in [5.41, 5.74) is 2.56. The minimum atomic E-state index is -0.0110. The van der Waals surface area contributed by atoms with E-state index in [4.69, 9.17) is 4.74 Å². The Bertz CT molecular complexity index is 633. The van der Waals surface area contributed by atoms with Crippen molar-refractivity contribution in [2.45, 2.75) is 26.8 Å². The first-order valence-electron chi connectivity index (χ1n) is 8.70. The molecule has 130 valence electrons. The monoisotopic (exact) mass is 329 g/mol. The van der Waals surface area contributed by atoms with E-state index in [2.05, 4.69) is 30.2 Å². The molecule has 0 aliphatic carbocycles. The lowest BCUT2D eigenvalue weighted by Gasteiger charge is -2.40. The second-order valence-electron chi connectivity index (χ2n) is 6.84. The molecule has 0 unspecified atom stereocenters. The van der Waals surface area contributed by atoms with Gasteiger partial charge in [-0.2, -0.15) is 0 Å². The summed E-state index contributed by atoms with van der Waals surface area (Å²) in [5.74, 6) is 0.765. The number of hydrogen-bond donors (Lipinski definition) is 0. The third kappa shape index (κ3) is 3.26. The molecule has 2 aliphatic rings. The molecule has 24 heavy (non-hydrogen) atoms. The van der Waals surface area contributed by atoms with Crippen molar-refractivity contribution >= 4 is 11.6 Å². The average molecular weight is 329 g/mol. The van der Waals surface area contributed by atoms with Crippen LogP contribution in [-0.2, 0) is 4.79 Å². The molecule has 5 nitrogen and oxygen atoms in total. The van der Waals surface area contributed by atoms with Gasteiger partial charge in [-0.15, -0.1) is 0 Å². The Morgan fingerprint density at radius 1 is 1.17 bits per heavy atom. The van der Waals surface area contributed by atoms with Gasteiger partial charge in [0.05, 0.1) is 17.9 Å². The molecule has 0 saturated carbocycles. The highest BCUT2D eigenvalue weighted by molar-refractivity contribution is 6.06. The molecule has 1 fully saturated rings. The van der Waals surface area contributed by atoms with E-state index < -0.39 is 0 Å². The first kappa shape index (κ1) is 16.8. The number of hydrogen-bond acceptors (Lipinski definition) is 4. The standard InChI is InChI=1S/C19H27N3O2/c1-14(2)20-7-9-21(10-8-20)16(4)19(23)22-11-12-24-18-6-5-15(3)13-17(18)22/h5-6,13-14H,4,7-12H2,1-3H3. The van der Waals surface area contributed by atoms with E-state index in [1.165, 1.54) is 0 Å². The van der Waals surface area contributed by atoms with Crippen LogP contribution in [0.15, 0.2) is 30.5 Å². The summed E-state index contributed by atoms with van der Waals surface area (Å²) < 4.78 is 5.68. The van der Waals surface area contributed by atoms with Crippen LogP contribution >= 0.6 is 0 Å². The third-order valence-electron chi connectivity index (χ3n) is 4.90. The van der Waals surface area contributed by atoms with E-state index in [1.807, 2.05) is 30.0 Å². The summed E-state index contributed by atoms with van der Waals surface area (Å²) in [7, 11) is 0. The van der Waals surface area contributed by atoms with Gasteiger partial charge in [-0.3, -0.25) is 9.69 Å². The van der Waals surface area contributed by atoms with Crippen LogP contribution in [0.2, 0.25) is 0 Å². The molecule has 2 aliphatic heterocycles. The van der Waals surface area contributed by atoms with Crippen molar-refractivity contribution < 1.29 is 9.53 Å². The quantitative estimate of drug-likeness (QED) is 0.797. The van der Waals surface area contributed by atoms with Crippen LogP contribution in [-0.4, -0.2) is 61.1 Å². The third-order valence-corrected chi connectivity index (χ3v) is 4.90. The van der Waals surface area contributed by atoms with Crippen LogP contribution in [0.1, 0.15) is 19.4 Å². The molecule has 2 heterocycles. The maximum atomic E-state index is 13.0. The molecule has 0 atom stereocenters. The summed E-state index contributed by atoms with van der Waals surface area (Å²) >= 11 is 0. The maximum absolute atomic E-state index is 13.0. The van der Waals surface area contributed by atoms with Gasteiger partial charge in [-0.1, -0.05) is 12.6 Å². The number of carbonyl (C=O) groups is 1. The molecule has 0 aromatic heterocycles. The number of rotatable bonds is 3. The van der Waals surface area contributed by atoms with Crippen LogP contribution in [0.3, 0.4) is 0 Å². The number of fused-ring (bicyclic) bond motifs is 1. The molecule has 3 rings (SSSR count). The van der Waals surface area contributed by atoms with Crippen molar-refractivity contribution in [3.63, 3.8) is 0 Å². The SMILES string of the molecule is C=C(C(=O)N1CCOc2ccc(C)cc21)N1CCN(C(C)C)CC1. The minimum absolute atomic E-state index is 0.0110. The Balaban J connectivity index is 1.71. The number of amides is 1. The first-order valence-corrected chi connectivity index (χ1v) is 8.70. The van der Waals surface area contributed by atoms with Gasteiger partial charge < -0.3 is 14.5 Å². The Kier molecular flexibility index (Phi) is 4.81. The van der Waals surface area contributed by atoms with Crippen LogP contribution in [0.25, 0.3) is 0 Å². The van der Waals surface area contributed by atoms with Gasteiger partial charge >= 0.3 is 0 Å². The van der Waals surface area contributed by atoms with Gasteiger partial charge in [-0.05, 0) is 38.5 Å². The molecule has 1 aromatic carbocycles. The van der Waals surface area contributed by atoms with Crippen LogP contribution in [0.4, 0.5) is 5.69 Å². The Labute approximate surface area is 144 Å². The zero-order valence-corrected chi connectivity index (χ0v) is 14.9. The van der Waals surface area contributed by atoms with E-state index in [0.29, 0.717) is 24.9 Å². The summed E-state index contributed by atoms with van der Waals surface area (Å²) in [6, 6.07) is 6.50. The lowest BCUT2D eigenvalue weighted by atomic mass is 10.1. The zero-order valence-electron chi connectivity index (χ0n) is 14.9. The molecule has 1 amide bonds. The minimum Gasteiger partial charge on any atom is -0.490 e. The summed E-state index contributed by atoms with van der Waals surface area (Å²) in [5, 5.41) is 0. The highest BCUT2D eigenvalue weighted by Gasteiger charge is 2.29. The molecule has 0 radical (unpaired) electrons. The zero-order chi connectivity index (χ0) is 17.3. The average Bonchev–Trinajstić information content (AvgIpc) is 2.60. The fourth-order valence-electron chi connectivity index (χ4n) is 3.34. The molecular weight excluding hydrogens is 302 g/mol. The summed E-state index contributed by atoms with van der Waals surface area (Å²) in [6.07, 6.45) is 0. The van der Waals surface area contributed by atoms with Gasteiger partial charge in [-0.25, -0.2) is 0 Å². The van der Waals surface area contributed by atoms with E-state index >= 15 is 0 Å². The maximum Gasteiger partial charge on any atom is 0.274 e. The molecule has 5 heteroatoms. The van der Waals surface area contributed by atoms with Gasteiger partial charge in [0.2, 0.25) is 0 Å². The second kappa shape index (κ2) is 6.85. The number of carbonyl (C=O) groups excluding carboxylic acids is 1. The number of aryl methyl sites for hydroxylation is 1. The highest BCUT2D eigenvalue weighted by atomic mass is 16.5. The van der Waals surface area contributed by atoms with Gasteiger partial charge in [0.25, 0.3) is 5.91 Å². The van der Waals surface area contributed by atoms with Crippen molar-refractivity contribution in [3.05, 3.63) is 36.0 Å². The molecule has 0 N–H and O–H groups in total. The molecule has 0 bridgehead atoms. The van der Waals surface area contributed by atoms with Crippen molar-refractivity contribution in [1.82, 2.24) is 9.80 Å². The van der Waals surface area contributed by atoms with Crippen molar-refractivity contribution in [1.29, 1.82) is 0 Å². The lowest BCUT2D eigenvalue weighted by Crippen LogP contribution is -2.51. The van der Waals surface area contributed by atoms with Crippen molar-refractivity contribution in [2.24, 2.45) is 0 Å². The molecular formula is C19H27N3O2. The summed E-state index contributed by atoms with van der Waals surface area (Å²) in [6.45, 7) is 15.3. The molecule has 0 spiro atoms. The Hall–Kier alpha value is -2.01.